The molecule has 3 N–H and O–H groups in total. The lowest BCUT2D eigenvalue weighted by molar-refractivity contribution is -0.0162. The van der Waals surface area contributed by atoms with Crippen LogP contribution in [0.2, 0.25) is 0 Å². The van der Waals surface area contributed by atoms with Crippen molar-refractivity contribution in [2.75, 3.05) is 13.7 Å². The van der Waals surface area contributed by atoms with Crippen LogP contribution in [0.5, 0.6) is 5.75 Å². The summed E-state index contributed by atoms with van der Waals surface area (Å²) in [6.07, 6.45) is 5.20. The molecule has 1 aliphatic rings. The summed E-state index contributed by atoms with van der Waals surface area (Å²) in [5.41, 5.74) is 6.86. The fourth-order valence-electron chi connectivity index (χ4n) is 3.56. The Labute approximate surface area is 122 Å². The normalized spacial score (nSPS) is 28.1. The zero-order chi connectivity index (χ0) is 14.6. The summed E-state index contributed by atoms with van der Waals surface area (Å²) in [6, 6.07) is 7.72. The SMILES string of the molecule is CCC1CCCC(CN)(C(O)c2ccc(OC)cc2)C1. The van der Waals surface area contributed by atoms with Crippen LogP contribution in [0.15, 0.2) is 24.3 Å². The molecule has 3 unspecified atom stereocenters. The van der Waals surface area contributed by atoms with Crippen molar-refractivity contribution in [1.82, 2.24) is 0 Å². The van der Waals surface area contributed by atoms with Crippen LogP contribution in [0.4, 0.5) is 0 Å². The minimum absolute atomic E-state index is 0.159. The van der Waals surface area contributed by atoms with Crippen LogP contribution < -0.4 is 10.5 Å². The summed E-state index contributed by atoms with van der Waals surface area (Å²) in [4.78, 5) is 0. The molecule has 0 radical (unpaired) electrons. The van der Waals surface area contributed by atoms with E-state index in [4.69, 9.17) is 10.5 Å². The molecule has 0 heterocycles. The van der Waals surface area contributed by atoms with Gasteiger partial charge in [-0.05, 0) is 36.5 Å². The van der Waals surface area contributed by atoms with E-state index in [-0.39, 0.29) is 5.41 Å². The predicted molar refractivity (Wildman–Crippen MR) is 81.7 cm³/mol. The van der Waals surface area contributed by atoms with Gasteiger partial charge in [0.25, 0.3) is 0 Å². The number of nitrogens with two attached hydrogens (primary N) is 1. The second-order valence-electron chi connectivity index (χ2n) is 6.11. The molecule has 3 nitrogen and oxygen atoms in total. The number of rotatable bonds is 5. The summed E-state index contributed by atoms with van der Waals surface area (Å²) >= 11 is 0. The number of methoxy groups -OCH3 is 1. The Balaban J connectivity index is 2.20. The molecule has 1 fully saturated rings. The lowest BCUT2D eigenvalue weighted by Crippen LogP contribution is -2.41. The van der Waals surface area contributed by atoms with E-state index in [1.165, 1.54) is 19.3 Å². The fraction of sp³-hybridized carbons (Fsp3) is 0.647. The number of hydrogen-bond acceptors (Lipinski definition) is 3. The monoisotopic (exact) mass is 277 g/mol. The Morgan fingerprint density at radius 1 is 1.40 bits per heavy atom. The summed E-state index contributed by atoms with van der Waals surface area (Å²) in [7, 11) is 1.65. The van der Waals surface area contributed by atoms with Gasteiger partial charge >= 0.3 is 0 Å². The van der Waals surface area contributed by atoms with Gasteiger partial charge in [-0.25, -0.2) is 0 Å². The standard InChI is InChI=1S/C17H27NO2/c1-3-13-5-4-10-17(11-13,12-18)16(19)14-6-8-15(20-2)9-7-14/h6-9,13,16,19H,3-5,10-12,18H2,1-2H3. The molecule has 3 atom stereocenters. The van der Waals surface area contributed by atoms with Crippen LogP contribution in [-0.2, 0) is 0 Å². The molecule has 0 aromatic heterocycles. The Morgan fingerprint density at radius 2 is 2.10 bits per heavy atom. The third-order valence-corrected chi connectivity index (χ3v) is 4.98. The van der Waals surface area contributed by atoms with Gasteiger partial charge in [-0.15, -0.1) is 0 Å². The van der Waals surface area contributed by atoms with Gasteiger partial charge in [-0.3, -0.25) is 0 Å². The van der Waals surface area contributed by atoms with Crippen molar-refractivity contribution in [1.29, 1.82) is 0 Å². The van der Waals surface area contributed by atoms with Gasteiger partial charge in [-0.1, -0.05) is 38.3 Å². The van der Waals surface area contributed by atoms with Crippen molar-refractivity contribution in [3.8, 4) is 5.75 Å². The van der Waals surface area contributed by atoms with E-state index in [9.17, 15) is 5.11 Å². The lowest BCUT2D eigenvalue weighted by atomic mass is 9.64. The van der Waals surface area contributed by atoms with Gasteiger partial charge in [0.15, 0.2) is 0 Å². The molecule has 0 bridgehead atoms. The molecular formula is C17H27NO2. The summed E-state index contributed by atoms with van der Waals surface area (Å²) in [5.74, 6) is 1.51. The molecule has 1 aliphatic carbocycles. The van der Waals surface area contributed by atoms with Crippen molar-refractivity contribution in [3.05, 3.63) is 29.8 Å². The zero-order valence-electron chi connectivity index (χ0n) is 12.6. The maximum absolute atomic E-state index is 10.9. The highest BCUT2D eigenvalue weighted by Crippen LogP contribution is 2.48. The van der Waals surface area contributed by atoms with Crippen LogP contribution in [0, 0.1) is 11.3 Å². The minimum Gasteiger partial charge on any atom is -0.497 e. The molecule has 0 aliphatic heterocycles. The smallest absolute Gasteiger partial charge is 0.118 e. The molecule has 20 heavy (non-hydrogen) atoms. The largest absolute Gasteiger partial charge is 0.497 e. The van der Waals surface area contributed by atoms with Gasteiger partial charge in [0, 0.05) is 12.0 Å². The highest BCUT2D eigenvalue weighted by Gasteiger charge is 2.41. The van der Waals surface area contributed by atoms with Crippen LogP contribution in [0.1, 0.15) is 50.7 Å². The first-order chi connectivity index (χ1) is 9.65. The Bertz CT molecular complexity index is 418. The third kappa shape index (κ3) is 2.99. The van der Waals surface area contributed by atoms with Crippen molar-refractivity contribution in [2.24, 2.45) is 17.1 Å². The fourth-order valence-corrected chi connectivity index (χ4v) is 3.56. The van der Waals surface area contributed by atoms with E-state index in [0.29, 0.717) is 12.5 Å². The summed E-state index contributed by atoms with van der Waals surface area (Å²) in [6.45, 7) is 2.79. The maximum Gasteiger partial charge on any atom is 0.118 e. The molecular weight excluding hydrogens is 250 g/mol. The van der Waals surface area contributed by atoms with Crippen molar-refractivity contribution < 1.29 is 9.84 Å². The van der Waals surface area contributed by atoms with E-state index in [0.717, 1.165) is 24.2 Å². The molecule has 1 aromatic carbocycles. The Morgan fingerprint density at radius 3 is 2.65 bits per heavy atom. The lowest BCUT2D eigenvalue weighted by Gasteiger charge is -2.43. The summed E-state index contributed by atoms with van der Waals surface area (Å²) < 4.78 is 5.17. The van der Waals surface area contributed by atoms with E-state index < -0.39 is 6.10 Å². The molecule has 0 amide bonds. The third-order valence-electron chi connectivity index (χ3n) is 4.98. The van der Waals surface area contributed by atoms with E-state index >= 15 is 0 Å². The second kappa shape index (κ2) is 6.59. The highest BCUT2D eigenvalue weighted by atomic mass is 16.5. The average Bonchev–Trinajstić information content (AvgIpc) is 2.54. The molecule has 1 saturated carbocycles. The van der Waals surface area contributed by atoms with Crippen LogP contribution in [0.25, 0.3) is 0 Å². The minimum atomic E-state index is -0.479. The predicted octanol–water partition coefficient (Wildman–Crippen LogP) is 3.27. The quantitative estimate of drug-likeness (QED) is 0.868. The van der Waals surface area contributed by atoms with E-state index in [2.05, 4.69) is 6.92 Å². The first kappa shape index (κ1) is 15.3. The van der Waals surface area contributed by atoms with Gasteiger partial charge < -0.3 is 15.6 Å². The molecule has 2 rings (SSSR count). The molecule has 0 saturated heterocycles. The van der Waals surface area contributed by atoms with Gasteiger partial charge in [0.1, 0.15) is 5.75 Å². The van der Waals surface area contributed by atoms with E-state index in [1.54, 1.807) is 7.11 Å². The maximum atomic E-state index is 10.9. The van der Waals surface area contributed by atoms with Crippen LogP contribution in [-0.4, -0.2) is 18.8 Å². The Kier molecular flexibility index (Phi) is 5.06. The van der Waals surface area contributed by atoms with Gasteiger partial charge in [-0.2, -0.15) is 0 Å². The zero-order valence-corrected chi connectivity index (χ0v) is 12.6. The van der Waals surface area contributed by atoms with Gasteiger partial charge in [0.05, 0.1) is 13.2 Å². The number of benzene rings is 1. The Hall–Kier alpha value is -1.06. The average molecular weight is 277 g/mol. The van der Waals surface area contributed by atoms with Crippen molar-refractivity contribution in [2.45, 2.75) is 45.1 Å². The highest BCUT2D eigenvalue weighted by molar-refractivity contribution is 5.29. The summed E-state index contributed by atoms with van der Waals surface area (Å²) in [5, 5.41) is 10.9. The number of hydrogen-bond donors (Lipinski definition) is 2. The number of aliphatic hydroxyl groups is 1. The van der Waals surface area contributed by atoms with Crippen molar-refractivity contribution in [3.63, 3.8) is 0 Å². The number of aliphatic hydroxyl groups excluding tert-OH is 1. The first-order valence-electron chi connectivity index (χ1n) is 7.67. The molecule has 112 valence electrons. The van der Waals surface area contributed by atoms with E-state index in [1.807, 2.05) is 24.3 Å². The first-order valence-corrected chi connectivity index (χ1v) is 7.67. The molecule has 0 spiro atoms. The van der Waals surface area contributed by atoms with Gasteiger partial charge in [0.2, 0.25) is 0 Å². The molecule has 3 heteroatoms. The second-order valence-corrected chi connectivity index (χ2v) is 6.11. The van der Waals surface area contributed by atoms with Crippen molar-refractivity contribution >= 4 is 0 Å². The topological polar surface area (TPSA) is 55.5 Å². The molecule has 1 aromatic rings. The van der Waals surface area contributed by atoms with Crippen LogP contribution >= 0.6 is 0 Å². The van der Waals surface area contributed by atoms with Crippen LogP contribution in [0.3, 0.4) is 0 Å². The number of ether oxygens (including phenoxy) is 1.